The van der Waals surface area contributed by atoms with Crippen LogP contribution in [0.3, 0.4) is 0 Å². The van der Waals surface area contributed by atoms with Gasteiger partial charge < -0.3 is 19.9 Å². The molecule has 2 aliphatic rings. The number of primary amides is 1. The Morgan fingerprint density at radius 2 is 2.18 bits per heavy atom. The van der Waals surface area contributed by atoms with Gasteiger partial charge in [-0.2, -0.15) is 4.98 Å². The molecule has 0 bridgehead atoms. The molecule has 1 atom stereocenters. The fourth-order valence-electron chi connectivity index (χ4n) is 3.71. The van der Waals surface area contributed by atoms with Crippen LogP contribution in [0.2, 0.25) is 0 Å². The average Bonchev–Trinajstić information content (AvgIpc) is 3.16. The van der Waals surface area contributed by atoms with Gasteiger partial charge in [-0.1, -0.05) is 17.3 Å². The number of carbonyl (C=O) groups excluding carboxylic acids is 1. The number of halogens is 2. The number of anilines is 1. The summed E-state index contributed by atoms with van der Waals surface area (Å²) in [4.78, 5) is 16.9. The van der Waals surface area contributed by atoms with Crippen molar-refractivity contribution in [3.8, 4) is 0 Å². The van der Waals surface area contributed by atoms with Crippen LogP contribution in [0.15, 0.2) is 27.8 Å². The van der Waals surface area contributed by atoms with Gasteiger partial charge in [0.25, 0.3) is 0 Å². The highest BCUT2D eigenvalue weighted by Gasteiger charge is 2.25. The number of nitrogens with zero attached hydrogens (tertiary/aromatic N) is 3. The Balaban J connectivity index is 1.33. The first-order valence-corrected chi connectivity index (χ1v) is 9.61. The number of hydrogen-bond acceptors (Lipinski definition) is 6. The van der Waals surface area contributed by atoms with Gasteiger partial charge in [-0.3, -0.25) is 4.79 Å². The number of nitrogens with two attached hydrogens (primary N) is 1. The molecule has 0 aromatic carbocycles. The second-order valence-electron chi connectivity index (χ2n) is 7.29. The molecule has 1 fully saturated rings. The highest BCUT2D eigenvalue weighted by atomic mass is 19.3. The fourth-order valence-corrected chi connectivity index (χ4v) is 3.71. The number of aromatic nitrogens is 2. The molecular weight excluding hydrogens is 370 g/mol. The number of rotatable bonds is 8. The maximum Gasteiger partial charge on any atom is 0.324 e. The highest BCUT2D eigenvalue weighted by molar-refractivity contribution is 5.96. The number of carbonyl (C=O) groups is 1. The van der Waals surface area contributed by atoms with Crippen molar-refractivity contribution >= 4 is 11.9 Å². The molecule has 3 rings (SSSR count). The van der Waals surface area contributed by atoms with Crippen LogP contribution in [0.25, 0.3) is 0 Å². The van der Waals surface area contributed by atoms with E-state index >= 15 is 0 Å². The lowest BCUT2D eigenvalue weighted by molar-refractivity contribution is -0.114. The van der Waals surface area contributed by atoms with Gasteiger partial charge >= 0.3 is 12.4 Å². The summed E-state index contributed by atoms with van der Waals surface area (Å²) >= 11 is 0. The van der Waals surface area contributed by atoms with Crippen LogP contribution in [0, 0.1) is 5.92 Å². The van der Waals surface area contributed by atoms with Gasteiger partial charge in [0.15, 0.2) is 0 Å². The van der Waals surface area contributed by atoms with Crippen LogP contribution >= 0.6 is 0 Å². The van der Waals surface area contributed by atoms with Crippen LogP contribution in [0.1, 0.15) is 51.3 Å². The first kappa shape index (κ1) is 20.4. The van der Waals surface area contributed by atoms with Crippen LogP contribution in [0.4, 0.5) is 14.8 Å². The molecule has 1 aromatic rings. The Hall–Kier alpha value is -2.29. The largest absolute Gasteiger partial charge is 0.374 e. The van der Waals surface area contributed by atoms with E-state index in [0.29, 0.717) is 24.5 Å². The molecule has 9 heteroatoms. The monoisotopic (exact) mass is 396 g/mol. The number of piperidine rings is 1. The minimum atomic E-state index is -2.71. The van der Waals surface area contributed by atoms with Crippen molar-refractivity contribution in [3.05, 3.63) is 29.1 Å². The Kier molecular flexibility index (Phi) is 6.77. The predicted octanol–water partition coefficient (Wildman–Crippen LogP) is 3.15. The van der Waals surface area contributed by atoms with E-state index in [1.54, 1.807) is 0 Å². The maximum atomic E-state index is 12.6. The Labute approximate surface area is 162 Å². The Morgan fingerprint density at radius 1 is 1.43 bits per heavy atom. The molecule has 28 heavy (non-hydrogen) atoms. The molecule has 1 aromatic heterocycles. The van der Waals surface area contributed by atoms with Crippen LogP contribution < -0.4 is 10.6 Å². The van der Waals surface area contributed by atoms with E-state index < -0.39 is 18.2 Å². The normalized spacial score (nSPS) is 21.0. The van der Waals surface area contributed by atoms with Crippen molar-refractivity contribution in [2.75, 3.05) is 24.6 Å². The summed E-state index contributed by atoms with van der Waals surface area (Å²) in [5, 5.41) is 3.31. The van der Waals surface area contributed by atoms with Crippen molar-refractivity contribution in [1.82, 2.24) is 10.1 Å². The summed E-state index contributed by atoms with van der Waals surface area (Å²) in [5.74, 6) is -0.383. The molecular formula is C19H26F2N4O3. The average molecular weight is 396 g/mol. The Morgan fingerprint density at radius 3 is 2.79 bits per heavy atom. The standard InChI is InChI=1S/C19H26F2N4O3/c1-12-11-14(4-5-15(12)17(22)26)27-10-2-3-13-6-8-25(9-7-13)19-23-18(16(20)21)24-28-19/h5,11,13-14,16H,2-4,6-10H2,1H3,(H2,22,26). The number of hydrogen-bond donors (Lipinski definition) is 1. The molecule has 0 spiro atoms. The quantitative estimate of drug-likeness (QED) is 0.679. The lowest BCUT2D eigenvalue weighted by Gasteiger charge is -2.30. The molecule has 1 aliphatic heterocycles. The summed E-state index contributed by atoms with van der Waals surface area (Å²) in [5.41, 5.74) is 6.77. The lowest BCUT2D eigenvalue weighted by atomic mass is 9.92. The second-order valence-corrected chi connectivity index (χ2v) is 7.29. The second kappa shape index (κ2) is 9.27. The number of amides is 1. The van der Waals surface area contributed by atoms with Gasteiger partial charge in [0, 0.05) is 25.3 Å². The topological polar surface area (TPSA) is 94.5 Å². The van der Waals surface area contributed by atoms with Crippen molar-refractivity contribution in [2.45, 2.75) is 51.6 Å². The minimum absolute atomic E-state index is 0.00787. The first-order valence-electron chi connectivity index (χ1n) is 9.61. The zero-order chi connectivity index (χ0) is 20.1. The van der Waals surface area contributed by atoms with Crippen LogP contribution in [0.5, 0.6) is 0 Å². The van der Waals surface area contributed by atoms with Crippen LogP contribution in [-0.4, -0.2) is 41.8 Å². The number of ether oxygens (including phenoxy) is 1. The van der Waals surface area contributed by atoms with Gasteiger partial charge in [0.1, 0.15) is 0 Å². The third kappa shape index (κ3) is 5.15. The molecule has 1 saturated heterocycles. The summed E-state index contributed by atoms with van der Waals surface area (Å²) in [6, 6.07) is 0.180. The third-order valence-electron chi connectivity index (χ3n) is 5.28. The van der Waals surface area contributed by atoms with Crippen molar-refractivity contribution < 1.29 is 22.8 Å². The summed E-state index contributed by atoms with van der Waals surface area (Å²) in [6.07, 6.45) is 5.67. The van der Waals surface area contributed by atoms with Crippen LogP contribution in [-0.2, 0) is 9.53 Å². The number of alkyl halides is 2. The van der Waals surface area contributed by atoms with E-state index in [1.807, 2.05) is 24.0 Å². The Bertz CT molecular complexity index is 739. The third-order valence-corrected chi connectivity index (χ3v) is 5.28. The smallest absolute Gasteiger partial charge is 0.324 e. The summed E-state index contributed by atoms with van der Waals surface area (Å²) < 4.78 is 35.9. The van der Waals surface area contributed by atoms with Gasteiger partial charge in [0.2, 0.25) is 11.7 Å². The molecule has 154 valence electrons. The minimum Gasteiger partial charge on any atom is -0.374 e. The van der Waals surface area contributed by atoms with E-state index in [2.05, 4.69) is 10.1 Å². The molecule has 2 N–H and O–H groups in total. The molecule has 0 saturated carbocycles. The van der Waals surface area contributed by atoms with Gasteiger partial charge in [0.05, 0.1) is 6.10 Å². The first-order chi connectivity index (χ1) is 13.4. The highest BCUT2D eigenvalue weighted by Crippen LogP contribution is 2.27. The van der Waals surface area contributed by atoms with Gasteiger partial charge in [-0.15, -0.1) is 0 Å². The maximum absolute atomic E-state index is 12.6. The van der Waals surface area contributed by atoms with E-state index in [4.69, 9.17) is 15.0 Å². The van der Waals surface area contributed by atoms with E-state index in [0.717, 1.165) is 44.3 Å². The van der Waals surface area contributed by atoms with Gasteiger partial charge in [-0.05, 0) is 50.5 Å². The molecule has 1 aliphatic carbocycles. The lowest BCUT2D eigenvalue weighted by Crippen LogP contribution is -2.34. The predicted molar refractivity (Wildman–Crippen MR) is 98.8 cm³/mol. The van der Waals surface area contributed by atoms with E-state index in [9.17, 15) is 13.6 Å². The zero-order valence-electron chi connectivity index (χ0n) is 15.9. The molecule has 7 nitrogen and oxygen atoms in total. The molecule has 2 heterocycles. The van der Waals surface area contributed by atoms with Crippen molar-refractivity contribution in [2.24, 2.45) is 11.7 Å². The molecule has 1 unspecified atom stereocenters. The van der Waals surface area contributed by atoms with E-state index in [-0.39, 0.29) is 12.1 Å². The molecule has 0 radical (unpaired) electrons. The van der Waals surface area contributed by atoms with Crippen molar-refractivity contribution in [1.29, 1.82) is 0 Å². The van der Waals surface area contributed by atoms with E-state index in [1.165, 1.54) is 0 Å². The SMILES string of the molecule is CC1=CC(OCCCC2CCN(c3nc(C(F)F)no3)CC2)CC=C1C(N)=O. The summed E-state index contributed by atoms with van der Waals surface area (Å²) in [6.45, 7) is 3.98. The summed E-state index contributed by atoms with van der Waals surface area (Å²) in [7, 11) is 0. The zero-order valence-corrected chi connectivity index (χ0v) is 15.9. The fraction of sp³-hybridized carbons (Fsp3) is 0.632. The van der Waals surface area contributed by atoms with Gasteiger partial charge in [-0.25, -0.2) is 8.78 Å². The van der Waals surface area contributed by atoms with Crippen molar-refractivity contribution in [3.63, 3.8) is 0 Å². The molecule has 1 amide bonds.